The Hall–Kier alpha value is -3.48. The molecule has 1 aromatic rings. The van der Waals surface area contributed by atoms with Crippen molar-refractivity contribution in [3.8, 4) is 5.75 Å². The lowest BCUT2D eigenvalue weighted by Gasteiger charge is -2.32. The van der Waals surface area contributed by atoms with E-state index in [2.05, 4.69) is 28.6 Å². The molecule has 0 saturated heterocycles. The molecule has 1 aliphatic carbocycles. The van der Waals surface area contributed by atoms with Gasteiger partial charge in [0.05, 0.1) is 12.7 Å². The Balaban J connectivity index is 1.75. The number of nitrogens with one attached hydrogen (secondary N) is 1. The Bertz CT molecular complexity index is 988. The van der Waals surface area contributed by atoms with E-state index in [1.54, 1.807) is 7.11 Å². The first-order valence-electron chi connectivity index (χ1n) is 9.64. The van der Waals surface area contributed by atoms with Gasteiger partial charge < -0.3 is 14.8 Å². The lowest BCUT2D eigenvalue weighted by Crippen LogP contribution is -2.32. The van der Waals surface area contributed by atoms with E-state index in [0.29, 0.717) is 29.7 Å². The minimum Gasteiger partial charge on any atom is -0.496 e. The van der Waals surface area contributed by atoms with Crippen molar-refractivity contribution in [3.05, 3.63) is 65.1 Å². The normalized spacial score (nSPS) is 19.1. The number of carbonyl (C=O) groups excluding carboxylic acids is 2. The highest BCUT2D eigenvalue weighted by molar-refractivity contribution is 6.02. The molecule has 0 aromatic heterocycles. The summed E-state index contributed by atoms with van der Waals surface area (Å²) in [5.41, 5.74) is 3.62. The molecule has 1 heterocycles. The number of dihydropyridines is 1. The van der Waals surface area contributed by atoms with E-state index in [1.165, 1.54) is 6.20 Å². The highest BCUT2D eigenvalue weighted by Gasteiger charge is 2.34. The number of hydrogen-bond acceptors (Lipinski definition) is 6. The fraction of sp³-hybridized carbons (Fsp3) is 0.304. The number of Topliss-reactive ketones (excluding diaryl/α,β-unsaturated/α-hetero) is 1. The van der Waals surface area contributed by atoms with Crippen LogP contribution in [0.2, 0.25) is 0 Å². The minimum absolute atomic E-state index is 0.0255. The molecule has 1 aromatic carbocycles. The van der Waals surface area contributed by atoms with Gasteiger partial charge in [0, 0.05) is 41.9 Å². The Morgan fingerprint density at radius 3 is 2.80 bits per heavy atom. The quantitative estimate of drug-likeness (QED) is 0.443. The van der Waals surface area contributed by atoms with Crippen molar-refractivity contribution in [1.82, 2.24) is 5.32 Å². The van der Waals surface area contributed by atoms with E-state index < -0.39 is 5.97 Å². The number of methoxy groups -OCH3 is 1. The number of benzene rings is 1. The number of rotatable bonds is 6. The lowest BCUT2D eigenvalue weighted by atomic mass is 9.78. The molecule has 1 aliphatic heterocycles. The van der Waals surface area contributed by atoms with E-state index in [9.17, 15) is 9.59 Å². The van der Waals surface area contributed by atoms with Crippen molar-refractivity contribution in [3.63, 3.8) is 0 Å². The Morgan fingerprint density at radius 1 is 1.33 bits per heavy atom. The summed E-state index contributed by atoms with van der Waals surface area (Å²) < 4.78 is 10.8. The molecule has 0 bridgehead atoms. The Morgan fingerprint density at radius 2 is 2.10 bits per heavy atom. The van der Waals surface area contributed by atoms with E-state index in [-0.39, 0.29) is 30.6 Å². The number of esters is 1. The van der Waals surface area contributed by atoms with Gasteiger partial charge in [0.2, 0.25) is 0 Å². The third-order valence-corrected chi connectivity index (χ3v) is 5.31. The number of nitrogens with zero attached hydrogens (tertiary/aromatic N) is 2. The summed E-state index contributed by atoms with van der Waals surface area (Å²) in [6.07, 6.45) is 2.61. The van der Waals surface area contributed by atoms with Gasteiger partial charge in [0.15, 0.2) is 18.2 Å². The average Bonchev–Trinajstić information content (AvgIpc) is 2.75. The van der Waals surface area contributed by atoms with Crippen LogP contribution in [-0.4, -0.2) is 38.0 Å². The number of aliphatic imine (C=N–C) groups is 2. The lowest BCUT2D eigenvalue weighted by molar-refractivity contribution is -0.137. The maximum Gasteiger partial charge on any atom is 0.336 e. The van der Waals surface area contributed by atoms with Crippen molar-refractivity contribution in [1.29, 1.82) is 0 Å². The fourth-order valence-corrected chi connectivity index (χ4v) is 3.80. The van der Waals surface area contributed by atoms with E-state index in [1.807, 2.05) is 31.2 Å². The summed E-state index contributed by atoms with van der Waals surface area (Å²) in [6.45, 7) is 8.57. The largest absolute Gasteiger partial charge is 0.496 e. The van der Waals surface area contributed by atoms with Crippen molar-refractivity contribution in [2.75, 3.05) is 13.7 Å². The second-order valence-corrected chi connectivity index (χ2v) is 7.09. The van der Waals surface area contributed by atoms with E-state index in [4.69, 9.17) is 9.47 Å². The van der Waals surface area contributed by atoms with Crippen molar-refractivity contribution < 1.29 is 19.1 Å². The zero-order valence-corrected chi connectivity index (χ0v) is 17.2. The second-order valence-electron chi connectivity index (χ2n) is 7.09. The molecular formula is C23H25N3O4. The molecule has 0 amide bonds. The summed E-state index contributed by atoms with van der Waals surface area (Å²) in [5, 5.41) is 3.26. The number of hydrogen-bond donors (Lipinski definition) is 1. The minimum atomic E-state index is -0.508. The van der Waals surface area contributed by atoms with Crippen molar-refractivity contribution in [2.45, 2.75) is 32.1 Å². The number of carbonyl (C=O) groups is 2. The van der Waals surface area contributed by atoms with E-state index >= 15 is 0 Å². The summed E-state index contributed by atoms with van der Waals surface area (Å²) >= 11 is 0. The first-order chi connectivity index (χ1) is 14.5. The van der Waals surface area contributed by atoms with Gasteiger partial charge in [-0.05, 0) is 31.7 Å². The van der Waals surface area contributed by atoms with Gasteiger partial charge >= 0.3 is 5.97 Å². The van der Waals surface area contributed by atoms with Crippen LogP contribution in [0.25, 0.3) is 0 Å². The molecular weight excluding hydrogens is 382 g/mol. The summed E-state index contributed by atoms with van der Waals surface area (Å²) in [4.78, 5) is 33.1. The molecule has 3 rings (SSSR count). The van der Waals surface area contributed by atoms with E-state index in [0.717, 1.165) is 17.0 Å². The second kappa shape index (κ2) is 9.35. The molecule has 7 heteroatoms. The summed E-state index contributed by atoms with van der Waals surface area (Å²) in [6, 6.07) is 7.75. The van der Waals surface area contributed by atoms with Crippen LogP contribution < -0.4 is 10.1 Å². The van der Waals surface area contributed by atoms with Crippen LogP contribution in [0.5, 0.6) is 5.75 Å². The van der Waals surface area contributed by atoms with Crippen LogP contribution in [0.15, 0.2) is 69.6 Å². The van der Waals surface area contributed by atoms with Crippen LogP contribution >= 0.6 is 0 Å². The SMILES string of the molecule is C=CN=C(COC(=O)C1=C(C)NC2=C(C1)C(=O)C[C@H](c1ccccc1OC)C2)N=C. The molecule has 156 valence electrons. The molecule has 0 fully saturated rings. The molecule has 0 saturated carbocycles. The molecule has 0 radical (unpaired) electrons. The number of ether oxygens (including phenoxy) is 2. The molecule has 0 unspecified atom stereocenters. The maximum atomic E-state index is 12.9. The Labute approximate surface area is 175 Å². The molecule has 1 atom stereocenters. The molecule has 30 heavy (non-hydrogen) atoms. The highest BCUT2D eigenvalue weighted by Crippen LogP contribution is 2.41. The van der Waals surface area contributed by atoms with Crippen LogP contribution in [0.4, 0.5) is 0 Å². The number of allylic oxidation sites excluding steroid dienone is 3. The average molecular weight is 407 g/mol. The molecule has 1 N–H and O–H groups in total. The van der Waals surface area contributed by atoms with Crippen LogP contribution in [0, 0.1) is 0 Å². The fourth-order valence-electron chi connectivity index (χ4n) is 3.80. The summed E-state index contributed by atoms with van der Waals surface area (Å²) in [7, 11) is 1.63. The van der Waals surface area contributed by atoms with Gasteiger partial charge in [0.25, 0.3) is 0 Å². The first kappa shape index (κ1) is 21.2. The number of amidine groups is 1. The predicted molar refractivity (Wildman–Crippen MR) is 116 cm³/mol. The number of para-hydroxylation sites is 1. The molecule has 2 aliphatic rings. The van der Waals surface area contributed by atoms with Gasteiger partial charge in [-0.15, -0.1) is 0 Å². The van der Waals surface area contributed by atoms with Gasteiger partial charge in [0.1, 0.15) is 5.75 Å². The van der Waals surface area contributed by atoms with Crippen LogP contribution in [0.1, 0.15) is 37.7 Å². The third-order valence-electron chi connectivity index (χ3n) is 5.31. The third kappa shape index (κ3) is 4.40. The van der Waals surface area contributed by atoms with Crippen LogP contribution in [-0.2, 0) is 14.3 Å². The smallest absolute Gasteiger partial charge is 0.336 e. The Kier molecular flexibility index (Phi) is 6.61. The topological polar surface area (TPSA) is 89.3 Å². The van der Waals surface area contributed by atoms with Gasteiger partial charge in [-0.2, -0.15) is 0 Å². The number of ketones is 1. The highest BCUT2D eigenvalue weighted by atomic mass is 16.5. The standard InChI is InChI=1S/C23H25N3O4/c1-5-25-22(24-3)13-30-23(28)17-12-18-19(26-14(17)2)10-15(11-20(18)27)16-8-6-7-9-21(16)29-4/h5-9,15,26H,1,3,10-13H2,2,4H3/t15-/m1/s1. The van der Waals surface area contributed by atoms with Crippen molar-refractivity contribution >= 4 is 24.3 Å². The van der Waals surface area contributed by atoms with Crippen molar-refractivity contribution in [2.24, 2.45) is 9.98 Å². The maximum absolute atomic E-state index is 12.9. The summed E-state index contributed by atoms with van der Waals surface area (Å²) in [5.74, 6) is 0.580. The van der Waals surface area contributed by atoms with Gasteiger partial charge in [-0.25, -0.2) is 14.8 Å². The molecule has 0 spiro atoms. The van der Waals surface area contributed by atoms with Gasteiger partial charge in [-0.1, -0.05) is 24.8 Å². The monoisotopic (exact) mass is 407 g/mol. The van der Waals surface area contributed by atoms with Gasteiger partial charge in [-0.3, -0.25) is 4.79 Å². The molecule has 7 nitrogen and oxygen atoms in total. The zero-order valence-electron chi connectivity index (χ0n) is 17.2. The van der Waals surface area contributed by atoms with Crippen LogP contribution in [0.3, 0.4) is 0 Å². The first-order valence-corrected chi connectivity index (χ1v) is 9.64. The zero-order chi connectivity index (χ0) is 21.7. The predicted octanol–water partition coefficient (Wildman–Crippen LogP) is 3.45.